The highest BCUT2D eigenvalue weighted by Gasteiger charge is 2.23. The van der Waals surface area contributed by atoms with E-state index in [1.807, 2.05) is 4.90 Å². The minimum absolute atomic E-state index is 0. The fourth-order valence-corrected chi connectivity index (χ4v) is 2.72. The van der Waals surface area contributed by atoms with E-state index in [0.29, 0.717) is 13.0 Å². The van der Waals surface area contributed by atoms with Gasteiger partial charge in [0.25, 0.3) is 0 Å². The SMILES string of the molecule is Cc1cc(C)c2c(c1)N(C(=O)CCCN)CCC2.Cl. The van der Waals surface area contributed by atoms with Gasteiger partial charge in [-0.15, -0.1) is 12.4 Å². The molecule has 0 aliphatic carbocycles. The normalized spacial score (nSPS) is 13.7. The highest BCUT2D eigenvalue weighted by atomic mass is 35.5. The molecule has 1 amide bonds. The molecular weight excluding hydrogens is 260 g/mol. The van der Waals surface area contributed by atoms with Gasteiger partial charge in [-0.05, 0) is 62.4 Å². The number of hydrogen-bond donors (Lipinski definition) is 1. The van der Waals surface area contributed by atoms with Crippen LogP contribution in [0.15, 0.2) is 12.1 Å². The third-order valence-electron chi connectivity index (χ3n) is 3.59. The van der Waals surface area contributed by atoms with Crippen molar-refractivity contribution in [3.05, 3.63) is 28.8 Å². The molecule has 19 heavy (non-hydrogen) atoms. The Morgan fingerprint density at radius 3 is 2.79 bits per heavy atom. The molecule has 1 aliphatic rings. The molecule has 1 aromatic carbocycles. The van der Waals surface area contributed by atoms with E-state index >= 15 is 0 Å². The lowest BCUT2D eigenvalue weighted by Gasteiger charge is -2.31. The maximum atomic E-state index is 12.2. The van der Waals surface area contributed by atoms with E-state index in [9.17, 15) is 4.79 Å². The van der Waals surface area contributed by atoms with Crippen LogP contribution in [0.1, 0.15) is 36.0 Å². The molecule has 1 heterocycles. The van der Waals surface area contributed by atoms with Gasteiger partial charge in [0.05, 0.1) is 0 Å². The Morgan fingerprint density at radius 2 is 2.11 bits per heavy atom. The van der Waals surface area contributed by atoms with Crippen LogP contribution in [0.4, 0.5) is 5.69 Å². The van der Waals surface area contributed by atoms with Crippen LogP contribution in [0.3, 0.4) is 0 Å². The molecular formula is C15H23ClN2O. The predicted molar refractivity (Wildman–Crippen MR) is 82.1 cm³/mol. The summed E-state index contributed by atoms with van der Waals surface area (Å²) in [5, 5.41) is 0. The largest absolute Gasteiger partial charge is 0.330 e. The Hall–Kier alpha value is -1.06. The molecule has 2 rings (SSSR count). The molecule has 3 nitrogen and oxygen atoms in total. The molecule has 0 saturated carbocycles. The number of rotatable bonds is 3. The van der Waals surface area contributed by atoms with Gasteiger partial charge in [0, 0.05) is 18.7 Å². The Balaban J connectivity index is 0.00000180. The van der Waals surface area contributed by atoms with Crippen molar-refractivity contribution < 1.29 is 4.79 Å². The van der Waals surface area contributed by atoms with Crippen molar-refractivity contribution in [3.63, 3.8) is 0 Å². The molecule has 2 N–H and O–H groups in total. The maximum Gasteiger partial charge on any atom is 0.227 e. The summed E-state index contributed by atoms with van der Waals surface area (Å²) in [5.74, 6) is 0.214. The number of hydrogen-bond acceptors (Lipinski definition) is 2. The minimum atomic E-state index is 0. The number of fused-ring (bicyclic) bond motifs is 1. The molecule has 106 valence electrons. The molecule has 0 spiro atoms. The van der Waals surface area contributed by atoms with Crippen LogP contribution in [0.2, 0.25) is 0 Å². The number of amides is 1. The molecule has 1 aliphatic heterocycles. The molecule has 1 aromatic rings. The second-order valence-electron chi connectivity index (χ2n) is 5.12. The van der Waals surface area contributed by atoms with Crippen LogP contribution < -0.4 is 10.6 Å². The monoisotopic (exact) mass is 282 g/mol. The average Bonchev–Trinajstić information content (AvgIpc) is 2.35. The van der Waals surface area contributed by atoms with Crippen molar-refractivity contribution in [2.24, 2.45) is 5.73 Å². The zero-order valence-electron chi connectivity index (χ0n) is 11.7. The molecule has 4 heteroatoms. The number of benzene rings is 1. The Morgan fingerprint density at radius 1 is 1.37 bits per heavy atom. The maximum absolute atomic E-state index is 12.2. The number of nitrogens with two attached hydrogens (primary N) is 1. The van der Waals surface area contributed by atoms with E-state index in [1.165, 1.54) is 16.7 Å². The van der Waals surface area contributed by atoms with Crippen molar-refractivity contribution in [1.82, 2.24) is 0 Å². The highest BCUT2D eigenvalue weighted by Crippen LogP contribution is 2.31. The average molecular weight is 283 g/mol. The van der Waals surface area contributed by atoms with Gasteiger partial charge >= 0.3 is 0 Å². The molecule has 0 radical (unpaired) electrons. The first-order chi connectivity index (χ1) is 8.63. The molecule has 0 unspecified atom stereocenters. The van der Waals surface area contributed by atoms with Crippen molar-refractivity contribution in [2.75, 3.05) is 18.0 Å². The van der Waals surface area contributed by atoms with Gasteiger partial charge in [-0.1, -0.05) is 6.07 Å². The van der Waals surface area contributed by atoms with Crippen LogP contribution in [-0.4, -0.2) is 19.0 Å². The summed E-state index contributed by atoms with van der Waals surface area (Å²) in [6.07, 6.45) is 3.48. The summed E-state index contributed by atoms with van der Waals surface area (Å²) < 4.78 is 0. The van der Waals surface area contributed by atoms with E-state index in [2.05, 4.69) is 26.0 Å². The highest BCUT2D eigenvalue weighted by molar-refractivity contribution is 5.94. The topological polar surface area (TPSA) is 46.3 Å². The fourth-order valence-electron chi connectivity index (χ4n) is 2.72. The number of halogens is 1. The quantitative estimate of drug-likeness (QED) is 0.927. The standard InChI is InChI=1S/C15H22N2O.ClH/c1-11-9-12(2)13-5-4-8-17(14(13)10-11)15(18)6-3-7-16;/h9-10H,3-8,16H2,1-2H3;1H. The van der Waals surface area contributed by atoms with Crippen molar-refractivity contribution in [1.29, 1.82) is 0 Å². The lowest BCUT2D eigenvalue weighted by Crippen LogP contribution is -2.36. The molecule has 0 fully saturated rings. The van der Waals surface area contributed by atoms with E-state index in [1.54, 1.807) is 0 Å². The first kappa shape index (κ1) is 16.0. The summed E-state index contributed by atoms with van der Waals surface area (Å²) >= 11 is 0. The van der Waals surface area contributed by atoms with Gasteiger partial charge in [-0.3, -0.25) is 4.79 Å². The lowest BCUT2D eigenvalue weighted by molar-refractivity contribution is -0.118. The van der Waals surface area contributed by atoms with E-state index in [0.717, 1.165) is 31.5 Å². The van der Waals surface area contributed by atoms with Crippen LogP contribution in [-0.2, 0) is 11.2 Å². The Bertz CT molecular complexity index is 460. The Labute approximate surface area is 121 Å². The van der Waals surface area contributed by atoms with Gasteiger partial charge in [0.2, 0.25) is 5.91 Å². The van der Waals surface area contributed by atoms with Crippen LogP contribution in [0.5, 0.6) is 0 Å². The number of aryl methyl sites for hydroxylation is 2. The van der Waals surface area contributed by atoms with Crippen LogP contribution in [0, 0.1) is 13.8 Å². The predicted octanol–water partition coefficient (Wildman–Crippen LogP) is 2.74. The third-order valence-corrected chi connectivity index (χ3v) is 3.59. The number of carbonyl (C=O) groups is 1. The van der Waals surface area contributed by atoms with E-state index < -0.39 is 0 Å². The molecule has 0 saturated heterocycles. The summed E-state index contributed by atoms with van der Waals surface area (Å²) in [6.45, 7) is 5.66. The smallest absolute Gasteiger partial charge is 0.227 e. The lowest BCUT2D eigenvalue weighted by atomic mass is 9.95. The third kappa shape index (κ3) is 3.48. The summed E-state index contributed by atoms with van der Waals surface area (Å²) in [5.41, 5.74) is 10.5. The van der Waals surface area contributed by atoms with Gasteiger partial charge in [-0.2, -0.15) is 0 Å². The first-order valence-electron chi connectivity index (χ1n) is 6.74. The Kier molecular flexibility index (Phi) is 5.83. The van der Waals surface area contributed by atoms with Gasteiger partial charge in [-0.25, -0.2) is 0 Å². The molecule has 0 atom stereocenters. The number of nitrogens with zero attached hydrogens (tertiary/aromatic N) is 1. The minimum Gasteiger partial charge on any atom is -0.330 e. The van der Waals surface area contributed by atoms with E-state index in [4.69, 9.17) is 5.73 Å². The summed E-state index contributed by atoms with van der Waals surface area (Å²) in [7, 11) is 0. The van der Waals surface area contributed by atoms with Crippen molar-refractivity contribution in [2.45, 2.75) is 39.5 Å². The van der Waals surface area contributed by atoms with Crippen LogP contribution in [0.25, 0.3) is 0 Å². The summed E-state index contributed by atoms with van der Waals surface area (Å²) in [4.78, 5) is 14.2. The fraction of sp³-hybridized carbons (Fsp3) is 0.533. The van der Waals surface area contributed by atoms with Crippen molar-refractivity contribution in [3.8, 4) is 0 Å². The summed E-state index contributed by atoms with van der Waals surface area (Å²) in [6, 6.07) is 4.34. The van der Waals surface area contributed by atoms with E-state index in [-0.39, 0.29) is 18.3 Å². The van der Waals surface area contributed by atoms with Gasteiger partial charge in [0.1, 0.15) is 0 Å². The first-order valence-corrected chi connectivity index (χ1v) is 6.74. The zero-order chi connectivity index (χ0) is 13.1. The van der Waals surface area contributed by atoms with Gasteiger partial charge < -0.3 is 10.6 Å². The molecule has 0 aromatic heterocycles. The van der Waals surface area contributed by atoms with Gasteiger partial charge in [0.15, 0.2) is 0 Å². The number of carbonyl (C=O) groups excluding carboxylic acids is 1. The second kappa shape index (κ2) is 6.92. The number of anilines is 1. The van der Waals surface area contributed by atoms with Crippen molar-refractivity contribution >= 4 is 24.0 Å². The van der Waals surface area contributed by atoms with Crippen LogP contribution >= 0.6 is 12.4 Å². The molecule has 0 bridgehead atoms. The second-order valence-corrected chi connectivity index (χ2v) is 5.12. The zero-order valence-corrected chi connectivity index (χ0v) is 12.6.